The molecule has 9 heteroatoms. The van der Waals surface area contributed by atoms with Crippen molar-refractivity contribution in [3.05, 3.63) is 53.6 Å². The second kappa shape index (κ2) is 9.66. The van der Waals surface area contributed by atoms with Gasteiger partial charge in [-0.2, -0.15) is 0 Å². The van der Waals surface area contributed by atoms with Crippen molar-refractivity contribution in [3.8, 4) is 0 Å². The standard InChI is InChI=1S/C23H27N3O4S2/c1-17-5-3-6-18(15-17)16-21(27)26(10-9-25-11-13-30-14-12-25)23-24-22-19(31-23)7-4-8-20(22)32(2,28)29/h3-8,15H,9-14,16H2,1-2H3. The molecular weight excluding hydrogens is 446 g/mol. The largest absolute Gasteiger partial charge is 0.379 e. The first-order valence-electron chi connectivity index (χ1n) is 10.6. The summed E-state index contributed by atoms with van der Waals surface area (Å²) in [6, 6.07) is 13.0. The zero-order valence-corrected chi connectivity index (χ0v) is 19.9. The average molecular weight is 474 g/mol. The number of benzene rings is 2. The highest BCUT2D eigenvalue weighted by Crippen LogP contribution is 2.33. The van der Waals surface area contributed by atoms with Crippen LogP contribution in [-0.4, -0.2) is 69.9 Å². The van der Waals surface area contributed by atoms with Crippen molar-refractivity contribution in [2.24, 2.45) is 0 Å². The van der Waals surface area contributed by atoms with Gasteiger partial charge in [0.05, 0.1) is 29.2 Å². The van der Waals surface area contributed by atoms with Crippen LogP contribution >= 0.6 is 11.3 Å². The SMILES string of the molecule is Cc1cccc(CC(=O)N(CCN2CCOCC2)c2nc3c(S(C)(=O)=O)cccc3s2)c1. The number of hydrogen-bond acceptors (Lipinski definition) is 7. The van der Waals surface area contributed by atoms with Crippen LogP contribution in [-0.2, 0) is 25.8 Å². The molecule has 1 aliphatic rings. The number of fused-ring (bicyclic) bond motifs is 1. The molecule has 1 fully saturated rings. The average Bonchev–Trinajstić information content (AvgIpc) is 3.17. The van der Waals surface area contributed by atoms with E-state index in [9.17, 15) is 13.2 Å². The van der Waals surface area contributed by atoms with E-state index in [1.807, 2.05) is 37.3 Å². The van der Waals surface area contributed by atoms with E-state index in [-0.39, 0.29) is 17.2 Å². The normalized spacial score (nSPS) is 15.2. The van der Waals surface area contributed by atoms with Gasteiger partial charge in [0.25, 0.3) is 0 Å². The summed E-state index contributed by atoms with van der Waals surface area (Å²) in [4.78, 5) is 22.2. The van der Waals surface area contributed by atoms with Crippen LogP contribution in [0.3, 0.4) is 0 Å². The van der Waals surface area contributed by atoms with E-state index < -0.39 is 9.84 Å². The van der Waals surface area contributed by atoms with Crippen molar-refractivity contribution in [3.63, 3.8) is 0 Å². The molecule has 0 unspecified atom stereocenters. The number of sulfone groups is 1. The van der Waals surface area contributed by atoms with Crippen molar-refractivity contribution >= 4 is 42.4 Å². The molecule has 170 valence electrons. The number of aryl methyl sites for hydroxylation is 1. The molecule has 1 aromatic heterocycles. The van der Waals surface area contributed by atoms with E-state index in [0.29, 0.717) is 37.0 Å². The number of hydrogen-bond donors (Lipinski definition) is 0. The number of carbonyl (C=O) groups is 1. The molecule has 32 heavy (non-hydrogen) atoms. The first-order chi connectivity index (χ1) is 15.3. The molecular formula is C23H27N3O4S2. The molecule has 2 heterocycles. The Kier molecular flexibility index (Phi) is 6.90. The van der Waals surface area contributed by atoms with E-state index in [1.165, 1.54) is 17.6 Å². The molecule has 2 aromatic carbocycles. The van der Waals surface area contributed by atoms with Crippen LogP contribution in [0.2, 0.25) is 0 Å². The highest BCUT2D eigenvalue weighted by molar-refractivity contribution is 7.91. The lowest BCUT2D eigenvalue weighted by atomic mass is 10.1. The Morgan fingerprint density at radius 1 is 1.19 bits per heavy atom. The van der Waals surface area contributed by atoms with Crippen LogP contribution in [0.15, 0.2) is 47.4 Å². The maximum atomic E-state index is 13.4. The Bertz CT molecular complexity index is 1220. The number of anilines is 1. The summed E-state index contributed by atoms with van der Waals surface area (Å²) in [5.74, 6) is -0.0520. The number of ether oxygens (including phenoxy) is 1. The summed E-state index contributed by atoms with van der Waals surface area (Å²) in [6.45, 7) is 6.24. The maximum absolute atomic E-state index is 13.4. The molecule has 0 radical (unpaired) electrons. The molecule has 3 aromatic rings. The second-order valence-corrected chi connectivity index (χ2v) is 11.0. The third-order valence-corrected chi connectivity index (χ3v) is 7.66. The fourth-order valence-corrected chi connectivity index (χ4v) is 5.74. The summed E-state index contributed by atoms with van der Waals surface area (Å²) in [7, 11) is -3.43. The number of carbonyl (C=O) groups excluding carboxylic acids is 1. The molecule has 0 aliphatic carbocycles. The van der Waals surface area contributed by atoms with Gasteiger partial charge in [-0.05, 0) is 24.6 Å². The minimum atomic E-state index is -3.43. The van der Waals surface area contributed by atoms with E-state index in [0.717, 1.165) is 28.9 Å². The Morgan fingerprint density at radius 3 is 2.66 bits per heavy atom. The van der Waals surface area contributed by atoms with Gasteiger partial charge in [-0.15, -0.1) is 0 Å². The number of morpholine rings is 1. The minimum absolute atomic E-state index is 0.0520. The Hall–Kier alpha value is -2.33. The second-order valence-electron chi connectivity index (χ2n) is 8.04. The van der Waals surface area contributed by atoms with Crippen molar-refractivity contribution in [2.45, 2.75) is 18.2 Å². The topological polar surface area (TPSA) is 79.8 Å². The Labute approximate surface area is 192 Å². The third-order valence-electron chi connectivity index (χ3n) is 5.48. The zero-order chi connectivity index (χ0) is 22.7. The van der Waals surface area contributed by atoms with Gasteiger partial charge in [-0.3, -0.25) is 14.6 Å². The van der Waals surface area contributed by atoms with Gasteiger partial charge in [0.15, 0.2) is 15.0 Å². The molecule has 1 saturated heterocycles. The number of para-hydroxylation sites is 1. The summed E-state index contributed by atoms with van der Waals surface area (Å²) in [5, 5.41) is 0.530. The van der Waals surface area contributed by atoms with Crippen LogP contribution in [0.1, 0.15) is 11.1 Å². The summed E-state index contributed by atoms with van der Waals surface area (Å²) >= 11 is 1.35. The molecule has 4 rings (SSSR count). The monoisotopic (exact) mass is 473 g/mol. The lowest BCUT2D eigenvalue weighted by molar-refractivity contribution is -0.118. The first kappa shape index (κ1) is 22.8. The van der Waals surface area contributed by atoms with E-state index in [2.05, 4.69) is 9.88 Å². The molecule has 7 nitrogen and oxygen atoms in total. The fourth-order valence-electron chi connectivity index (χ4n) is 3.81. The van der Waals surface area contributed by atoms with Crippen LogP contribution in [0.25, 0.3) is 10.2 Å². The van der Waals surface area contributed by atoms with E-state index in [4.69, 9.17) is 4.74 Å². The van der Waals surface area contributed by atoms with Crippen molar-refractivity contribution in [1.82, 2.24) is 9.88 Å². The summed E-state index contributed by atoms with van der Waals surface area (Å²) in [5.41, 5.74) is 2.48. The van der Waals surface area contributed by atoms with Crippen molar-refractivity contribution in [1.29, 1.82) is 0 Å². The molecule has 0 atom stereocenters. The van der Waals surface area contributed by atoms with Crippen LogP contribution in [0.4, 0.5) is 5.13 Å². The minimum Gasteiger partial charge on any atom is -0.379 e. The first-order valence-corrected chi connectivity index (χ1v) is 13.3. The number of nitrogens with zero attached hydrogens (tertiary/aromatic N) is 3. The van der Waals surface area contributed by atoms with Gasteiger partial charge in [0, 0.05) is 32.4 Å². The van der Waals surface area contributed by atoms with Gasteiger partial charge < -0.3 is 4.74 Å². The van der Waals surface area contributed by atoms with Gasteiger partial charge in [0.1, 0.15) is 5.52 Å². The number of amides is 1. The lowest BCUT2D eigenvalue weighted by Crippen LogP contribution is -2.43. The predicted octanol–water partition coefficient (Wildman–Crippen LogP) is 2.92. The zero-order valence-electron chi connectivity index (χ0n) is 18.3. The van der Waals surface area contributed by atoms with Gasteiger partial charge in [0.2, 0.25) is 5.91 Å². The van der Waals surface area contributed by atoms with Crippen molar-refractivity contribution < 1.29 is 17.9 Å². The maximum Gasteiger partial charge on any atom is 0.233 e. The van der Waals surface area contributed by atoms with Crippen molar-refractivity contribution in [2.75, 3.05) is 50.5 Å². The highest BCUT2D eigenvalue weighted by atomic mass is 32.2. The molecule has 0 N–H and O–H groups in total. The Balaban J connectivity index is 1.65. The molecule has 1 amide bonds. The van der Waals surface area contributed by atoms with Gasteiger partial charge >= 0.3 is 0 Å². The smallest absolute Gasteiger partial charge is 0.233 e. The van der Waals surface area contributed by atoms with Gasteiger partial charge in [-0.25, -0.2) is 13.4 Å². The van der Waals surface area contributed by atoms with Gasteiger partial charge in [-0.1, -0.05) is 47.2 Å². The van der Waals surface area contributed by atoms with Crippen LogP contribution in [0.5, 0.6) is 0 Å². The molecule has 0 bridgehead atoms. The van der Waals surface area contributed by atoms with Crippen LogP contribution in [0, 0.1) is 6.92 Å². The van der Waals surface area contributed by atoms with E-state index >= 15 is 0 Å². The third kappa shape index (κ3) is 5.35. The van der Waals surface area contributed by atoms with Crippen LogP contribution < -0.4 is 4.90 Å². The predicted molar refractivity (Wildman–Crippen MR) is 127 cm³/mol. The molecule has 0 saturated carbocycles. The number of thiazole rings is 1. The van der Waals surface area contributed by atoms with E-state index in [1.54, 1.807) is 17.0 Å². The Morgan fingerprint density at radius 2 is 1.94 bits per heavy atom. The molecule has 0 spiro atoms. The quantitative estimate of drug-likeness (QED) is 0.525. The number of aromatic nitrogens is 1. The summed E-state index contributed by atoms with van der Waals surface area (Å²) in [6.07, 6.45) is 1.44. The fraction of sp³-hybridized carbons (Fsp3) is 0.391. The highest BCUT2D eigenvalue weighted by Gasteiger charge is 2.24. The lowest BCUT2D eigenvalue weighted by Gasteiger charge is -2.29. The summed E-state index contributed by atoms with van der Waals surface area (Å²) < 4.78 is 30.6. The molecule has 1 aliphatic heterocycles. The number of rotatable bonds is 7.